The Hall–Kier alpha value is -0.850. The molecule has 0 saturated carbocycles. The molecule has 0 bridgehead atoms. The Kier molecular flexibility index (Phi) is 2.47. The number of pyridine rings is 1. The van der Waals surface area contributed by atoms with Gasteiger partial charge in [0, 0.05) is 16.8 Å². The second-order valence-electron chi connectivity index (χ2n) is 4.78. The van der Waals surface area contributed by atoms with Gasteiger partial charge in [0.15, 0.2) is 0 Å². The van der Waals surface area contributed by atoms with Crippen LogP contribution in [0.3, 0.4) is 0 Å². The first-order valence-corrected chi connectivity index (χ1v) is 4.77. The van der Waals surface area contributed by atoms with E-state index in [0.717, 1.165) is 5.69 Å². The van der Waals surface area contributed by atoms with Crippen LogP contribution in [-0.4, -0.2) is 4.98 Å². The molecule has 0 aromatic carbocycles. The van der Waals surface area contributed by atoms with E-state index < -0.39 is 0 Å². The molecule has 1 aromatic heterocycles. The van der Waals surface area contributed by atoms with E-state index >= 15 is 0 Å². The van der Waals surface area contributed by atoms with Crippen molar-refractivity contribution in [1.82, 2.24) is 4.98 Å². The van der Waals surface area contributed by atoms with Crippen molar-refractivity contribution in [3.8, 4) is 0 Å². The third kappa shape index (κ3) is 2.09. The fourth-order valence-electron chi connectivity index (χ4n) is 1.28. The quantitative estimate of drug-likeness (QED) is 0.592. The van der Waals surface area contributed by atoms with Crippen molar-refractivity contribution in [3.05, 3.63) is 28.6 Å². The van der Waals surface area contributed by atoms with Gasteiger partial charge in [-0.3, -0.25) is 4.98 Å². The molecule has 0 aliphatic heterocycles. The summed E-state index contributed by atoms with van der Waals surface area (Å²) in [6, 6.07) is 2.20. The highest BCUT2D eigenvalue weighted by molar-refractivity contribution is 5.32. The molecule has 13 heavy (non-hydrogen) atoms. The maximum absolute atomic E-state index is 4.60. The van der Waals surface area contributed by atoms with Gasteiger partial charge in [-0.1, -0.05) is 20.8 Å². The molecular formula is C12H19N. The molecule has 1 nitrogen and oxygen atoms in total. The van der Waals surface area contributed by atoms with Gasteiger partial charge in [0.2, 0.25) is 0 Å². The molecule has 0 unspecified atom stereocenters. The van der Waals surface area contributed by atoms with Crippen LogP contribution in [0.1, 0.15) is 43.3 Å². The lowest BCUT2D eigenvalue weighted by molar-refractivity contribution is 0.566. The summed E-state index contributed by atoms with van der Waals surface area (Å²) >= 11 is 0. The van der Waals surface area contributed by atoms with Crippen molar-refractivity contribution in [2.75, 3.05) is 0 Å². The van der Waals surface area contributed by atoms with Gasteiger partial charge in [-0.25, -0.2) is 0 Å². The summed E-state index contributed by atoms with van der Waals surface area (Å²) in [6.45, 7) is 13.0. The number of aryl methyl sites for hydroxylation is 2. The zero-order valence-electron chi connectivity index (χ0n) is 9.52. The van der Waals surface area contributed by atoms with Gasteiger partial charge in [0.05, 0.1) is 0 Å². The molecule has 0 N–H and O–H groups in total. The summed E-state index contributed by atoms with van der Waals surface area (Å²) < 4.78 is 0. The van der Waals surface area contributed by atoms with Gasteiger partial charge in [0.25, 0.3) is 0 Å². The summed E-state index contributed by atoms with van der Waals surface area (Å²) in [5, 5.41) is 0. The summed E-state index contributed by atoms with van der Waals surface area (Å²) in [7, 11) is 0. The van der Waals surface area contributed by atoms with Crippen LogP contribution in [0, 0.1) is 20.8 Å². The van der Waals surface area contributed by atoms with E-state index in [1.165, 1.54) is 16.8 Å². The third-order valence-corrected chi connectivity index (χ3v) is 2.54. The molecule has 0 fully saturated rings. The lowest BCUT2D eigenvalue weighted by Crippen LogP contribution is -2.15. The van der Waals surface area contributed by atoms with Crippen molar-refractivity contribution < 1.29 is 0 Å². The van der Waals surface area contributed by atoms with Crippen LogP contribution in [0.5, 0.6) is 0 Å². The first-order valence-electron chi connectivity index (χ1n) is 4.77. The smallest absolute Gasteiger partial charge is 0.0463 e. The van der Waals surface area contributed by atoms with E-state index in [1.807, 2.05) is 0 Å². The SMILES string of the molecule is Cc1cc(C(C)(C)C)nc(C)c1C. The summed E-state index contributed by atoms with van der Waals surface area (Å²) in [5.41, 5.74) is 5.16. The van der Waals surface area contributed by atoms with Crippen LogP contribution in [0.4, 0.5) is 0 Å². The minimum absolute atomic E-state index is 0.156. The van der Waals surface area contributed by atoms with Crippen molar-refractivity contribution in [2.24, 2.45) is 0 Å². The number of rotatable bonds is 0. The zero-order chi connectivity index (χ0) is 10.2. The van der Waals surface area contributed by atoms with Gasteiger partial charge in [-0.2, -0.15) is 0 Å². The molecule has 1 rings (SSSR count). The lowest BCUT2D eigenvalue weighted by Gasteiger charge is -2.20. The Morgan fingerprint density at radius 1 is 1.08 bits per heavy atom. The van der Waals surface area contributed by atoms with Gasteiger partial charge in [-0.15, -0.1) is 0 Å². The normalized spacial score (nSPS) is 11.8. The summed E-state index contributed by atoms with van der Waals surface area (Å²) in [4.78, 5) is 4.60. The fourth-order valence-corrected chi connectivity index (χ4v) is 1.28. The highest BCUT2D eigenvalue weighted by Gasteiger charge is 2.16. The average Bonchev–Trinajstić information content (AvgIpc) is 1.97. The first kappa shape index (κ1) is 10.2. The molecule has 0 saturated heterocycles. The van der Waals surface area contributed by atoms with E-state index in [0.29, 0.717) is 0 Å². The molecule has 1 aromatic rings. The largest absolute Gasteiger partial charge is 0.257 e. The van der Waals surface area contributed by atoms with E-state index in [2.05, 4.69) is 52.6 Å². The molecule has 72 valence electrons. The predicted octanol–water partition coefficient (Wildman–Crippen LogP) is 3.30. The van der Waals surface area contributed by atoms with Crippen molar-refractivity contribution in [2.45, 2.75) is 47.0 Å². The van der Waals surface area contributed by atoms with Gasteiger partial charge in [-0.05, 0) is 38.0 Å². The van der Waals surface area contributed by atoms with Crippen molar-refractivity contribution >= 4 is 0 Å². The molecular weight excluding hydrogens is 158 g/mol. The minimum atomic E-state index is 0.156. The van der Waals surface area contributed by atoms with Crippen molar-refractivity contribution in [1.29, 1.82) is 0 Å². The molecule has 1 heteroatoms. The van der Waals surface area contributed by atoms with Gasteiger partial charge < -0.3 is 0 Å². The Morgan fingerprint density at radius 2 is 1.62 bits per heavy atom. The molecule has 0 amide bonds. The molecule has 0 aliphatic rings. The van der Waals surface area contributed by atoms with E-state index in [1.54, 1.807) is 0 Å². The Balaban J connectivity index is 3.29. The van der Waals surface area contributed by atoms with Crippen LogP contribution < -0.4 is 0 Å². The highest BCUT2D eigenvalue weighted by atomic mass is 14.7. The number of hydrogen-bond donors (Lipinski definition) is 0. The average molecular weight is 177 g/mol. The second-order valence-corrected chi connectivity index (χ2v) is 4.78. The molecule has 0 spiro atoms. The topological polar surface area (TPSA) is 12.9 Å². The predicted molar refractivity (Wildman–Crippen MR) is 57.1 cm³/mol. The monoisotopic (exact) mass is 177 g/mol. The fraction of sp³-hybridized carbons (Fsp3) is 0.583. The van der Waals surface area contributed by atoms with Crippen LogP contribution in [-0.2, 0) is 5.41 Å². The van der Waals surface area contributed by atoms with E-state index in [9.17, 15) is 0 Å². The standard InChI is InChI=1S/C12H19N/c1-8-7-11(12(4,5)6)13-10(3)9(8)2/h7H,1-6H3. The molecule has 0 atom stereocenters. The van der Waals surface area contributed by atoms with Crippen LogP contribution in [0.15, 0.2) is 6.07 Å². The van der Waals surface area contributed by atoms with E-state index in [-0.39, 0.29) is 5.41 Å². The Labute approximate surface area is 81.2 Å². The number of hydrogen-bond acceptors (Lipinski definition) is 1. The first-order chi connectivity index (χ1) is 5.82. The molecule has 1 heterocycles. The van der Waals surface area contributed by atoms with Crippen LogP contribution in [0.2, 0.25) is 0 Å². The minimum Gasteiger partial charge on any atom is -0.257 e. The van der Waals surface area contributed by atoms with Crippen molar-refractivity contribution in [3.63, 3.8) is 0 Å². The number of aromatic nitrogens is 1. The summed E-state index contributed by atoms with van der Waals surface area (Å²) in [6.07, 6.45) is 0. The van der Waals surface area contributed by atoms with E-state index in [4.69, 9.17) is 0 Å². The maximum atomic E-state index is 4.60. The number of nitrogens with zero attached hydrogens (tertiary/aromatic N) is 1. The zero-order valence-corrected chi connectivity index (χ0v) is 9.52. The second kappa shape index (κ2) is 3.13. The Bertz CT molecular complexity index is 295. The maximum Gasteiger partial charge on any atom is 0.0463 e. The Morgan fingerprint density at radius 3 is 2.00 bits per heavy atom. The molecule has 0 radical (unpaired) electrons. The van der Waals surface area contributed by atoms with Crippen LogP contribution >= 0.6 is 0 Å². The van der Waals surface area contributed by atoms with Crippen LogP contribution in [0.25, 0.3) is 0 Å². The lowest BCUT2D eigenvalue weighted by atomic mass is 9.90. The highest BCUT2D eigenvalue weighted by Crippen LogP contribution is 2.23. The van der Waals surface area contributed by atoms with Gasteiger partial charge in [0.1, 0.15) is 0 Å². The molecule has 0 aliphatic carbocycles. The summed E-state index contributed by atoms with van der Waals surface area (Å²) in [5.74, 6) is 0. The third-order valence-electron chi connectivity index (χ3n) is 2.54. The van der Waals surface area contributed by atoms with Gasteiger partial charge >= 0.3 is 0 Å².